The van der Waals surface area contributed by atoms with Gasteiger partial charge in [0.15, 0.2) is 0 Å². The van der Waals surface area contributed by atoms with Crippen LogP contribution in [0, 0.1) is 0 Å². The second-order valence-electron chi connectivity index (χ2n) is 11.9. The van der Waals surface area contributed by atoms with E-state index < -0.39 is 13.7 Å². The molecule has 0 aliphatic carbocycles. The van der Waals surface area contributed by atoms with Gasteiger partial charge >= 0.3 is 7.60 Å². The van der Waals surface area contributed by atoms with Gasteiger partial charge in [-0.25, -0.2) is 0 Å². The highest BCUT2D eigenvalue weighted by molar-refractivity contribution is 7.62. The zero-order chi connectivity index (χ0) is 35.8. The Morgan fingerprint density at radius 1 is 0.600 bits per heavy atom. The highest BCUT2D eigenvalue weighted by atomic mass is 31.2. The van der Waals surface area contributed by atoms with Gasteiger partial charge in [-0.1, -0.05) is 57.9 Å². The standard InChI is InChI=1S/C37H67O12P/c1-4-7-8-9-10-11-12-13-14-34-15-16-36(37(31-34)50(38,48-5-2)49-6-3)47-33-35-32-45-28-27-43-24-23-41-20-19-39-17-18-40-21-22-42-25-26-44-29-30-46-35/h15-16,31,35H,4-14,17-30,32-33H2,1-3H3. The van der Waals surface area contributed by atoms with E-state index >= 15 is 0 Å². The molecule has 50 heavy (non-hydrogen) atoms. The summed E-state index contributed by atoms with van der Waals surface area (Å²) in [4.78, 5) is 0. The summed E-state index contributed by atoms with van der Waals surface area (Å²) in [5.74, 6) is 0.453. The molecule has 1 aromatic rings. The molecule has 0 N–H and O–H groups in total. The summed E-state index contributed by atoms with van der Waals surface area (Å²) in [7, 11) is -3.61. The van der Waals surface area contributed by atoms with Crippen molar-refractivity contribution in [2.24, 2.45) is 0 Å². The number of rotatable bonds is 17. The molecule has 1 fully saturated rings. The van der Waals surface area contributed by atoms with Crippen molar-refractivity contribution in [1.29, 1.82) is 0 Å². The molecule has 0 bridgehead atoms. The third-order valence-corrected chi connectivity index (χ3v) is 9.91. The van der Waals surface area contributed by atoms with E-state index in [0.29, 0.717) is 104 Å². The van der Waals surface area contributed by atoms with Gasteiger partial charge in [0, 0.05) is 0 Å². The minimum atomic E-state index is -3.61. The summed E-state index contributed by atoms with van der Waals surface area (Å²) in [6.07, 6.45) is 10.5. The Morgan fingerprint density at radius 3 is 1.56 bits per heavy atom. The Morgan fingerprint density at radius 2 is 1.06 bits per heavy atom. The van der Waals surface area contributed by atoms with Crippen molar-refractivity contribution in [3.05, 3.63) is 23.8 Å². The second kappa shape index (κ2) is 31.4. The summed E-state index contributed by atoms with van der Waals surface area (Å²) in [6.45, 7) is 13.2. The van der Waals surface area contributed by atoms with E-state index in [2.05, 4.69) is 6.92 Å². The average Bonchev–Trinajstić information content (AvgIpc) is 3.11. The summed E-state index contributed by atoms with van der Waals surface area (Å²) in [5.41, 5.74) is 1.09. The van der Waals surface area contributed by atoms with Gasteiger partial charge in [-0.3, -0.25) is 4.57 Å². The van der Waals surface area contributed by atoms with Crippen molar-refractivity contribution >= 4 is 12.9 Å². The lowest BCUT2D eigenvalue weighted by molar-refractivity contribution is -0.0690. The molecule has 292 valence electrons. The van der Waals surface area contributed by atoms with E-state index in [-0.39, 0.29) is 26.4 Å². The van der Waals surface area contributed by atoms with E-state index in [9.17, 15) is 4.57 Å². The first kappa shape index (κ1) is 45.0. The number of hydrogen-bond donors (Lipinski definition) is 0. The SMILES string of the molecule is CCCCCCCCCCc1ccc(OCC2COCCOCCOCCOCCOCCOCCOCCO2)c(P(=O)(OCC)OCC)c1. The molecule has 0 saturated carbocycles. The molecule has 1 aromatic carbocycles. The lowest BCUT2D eigenvalue weighted by atomic mass is 10.0. The lowest BCUT2D eigenvalue weighted by Gasteiger charge is -2.23. The maximum absolute atomic E-state index is 14.0. The molecule has 2 rings (SSSR count). The molecule has 12 nitrogen and oxygen atoms in total. The normalized spacial score (nSPS) is 19.5. The first-order chi connectivity index (χ1) is 24.6. The quantitative estimate of drug-likeness (QED) is 0.135. The molecular formula is C37H67O12P. The summed E-state index contributed by atoms with van der Waals surface area (Å²) in [5, 5.41) is 0.444. The van der Waals surface area contributed by atoms with Gasteiger partial charge < -0.3 is 51.7 Å². The van der Waals surface area contributed by atoms with E-state index in [4.69, 9.17) is 51.7 Å². The highest BCUT2D eigenvalue weighted by Gasteiger charge is 2.31. The Bertz CT molecular complexity index is 934. The van der Waals surface area contributed by atoms with Crippen LogP contribution >= 0.6 is 7.60 Å². The van der Waals surface area contributed by atoms with Gasteiger partial charge in [0.2, 0.25) is 0 Å². The molecule has 0 amide bonds. The first-order valence-electron chi connectivity index (χ1n) is 18.9. The zero-order valence-electron chi connectivity index (χ0n) is 31.2. The molecule has 13 heteroatoms. The summed E-state index contributed by atoms with van der Waals surface area (Å²) >= 11 is 0. The number of unbranched alkanes of at least 4 members (excludes halogenated alkanes) is 7. The molecule has 1 aliphatic rings. The van der Waals surface area contributed by atoms with Crippen molar-refractivity contribution in [1.82, 2.24) is 0 Å². The van der Waals surface area contributed by atoms with Crippen LogP contribution in [0.1, 0.15) is 77.7 Å². The van der Waals surface area contributed by atoms with Crippen LogP contribution in [0.25, 0.3) is 0 Å². The molecule has 1 heterocycles. The number of benzene rings is 1. The van der Waals surface area contributed by atoms with E-state index in [0.717, 1.165) is 18.4 Å². The van der Waals surface area contributed by atoms with E-state index in [1.165, 1.54) is 44.9 Å². The van der Waals surface area contributed by atoms with Crippen LogP contribution in [0.3, 0.4) is 0 Å². The summed E-state index contributed by atoms with van der Waals surface area (Å²) < 4.78 is 77.3. The number of hydrogen-bond acceptors (Lipinski definition) is 12. The lowest BCUT2D eigenvalue weighted by Crippen LogP contribution is -2.30. The molecule has 1 unspecified atom stereocenters. The second-order valence-corrected chi connectivity index (χ2v) is 13.9. The average molecular weight is 735 g/mol. The van der Waals surface area contributed by atoms with Crippen molar-refractivity contribution in [2.75, 3.05) is 119 Å². The number of aryl methyl sites for hydroxylation is 1. The van der Waals surface area contributed by atoms with Crippen LogP contribution in [0.4, 0.5) is 0 Å². The van der Waals surface area contributed by atoms with Crippen LogP contribution in [-0.4, -0.2) is 125 Å². The van der Waals surface area contributed by atoms with E-state index in [1.54, 1.807) is 0 Å². The van der Waals surface area contributed by atoms with Gasteiger partial charge in [0.1, 0.15) is 23.8 Å². The fourth-order valence-electron chi connectivity index (χ4n) is 5.17. The Hall–Kier alpha value is -1.15. The van der Waals surface area contributed by atoms with Crippen LogP contribution in [-0.2, 0) is 57.9 Å². The van der Waals surface area contributed by atoms with Crippen LogP contribution in [0.2, 0.25) is 0 Å². The van der Waals surface area contributed by atoms with E-state index in [1.807, 2.05) is 32.0 Å². The molecule has 0 radical (unpaired) electrons. The highest BCUT2D eigenvalue weighted by Crippen LogP contribution is 2.49. The van der Waals surface area contributed by atoms with Crippen molar-refractivity contribution in [3.63, 3.8) is 0 Å². The molecule has 1 atom stereocenters. The van der Waals surface area contributed by atoms with Crippen LogP contribution in [0.5, 0.6) is 5.75 Å². The van der Waals surface area contributed by atoms with Gasteiger partial charge in [-0.15, -0.1) is 0 Å². The molecule has 1 aliphatic heterocycles. The van der Waals surface area contributed by atoms with Crippen LogP contribution in [0.15, 0.2) is 18.2 Å². The fourth-order valence-corrected chi connectivity index (χ4v) is 6.93. The Kier molecular flexibility index (Phi) is 28.3. The predicted octanol–water partition coefficient (Wildman–Crippen LogP) is 6.16. The molecule has 1 saturated heterocycles. The Balaban J connectivity index is 1.99. The third-order valence-electron chi connectivity index (χ3n) is 7.78. The third kappa shape index (κ3) is 22.0. The monoisotopic (exact) mass is 734 g/mol. The van der Waals surface area contributed by atoms with Gasteiger partial charge in [-0.05, 0) is 44.4 Å². The minimum Gasteiger partial charge on any atom is -0.490 e. The molecule has 0 spiro atoms. The maximum atomic E-state index is 14.0. The Labute approximate surface area is 301 Å². The summed E-state index contributed by atoms with van der Waals surface area (Å²) in [6, 6.07) is 5.84. The minimum absolute atomic E-state index is 0.169. The van der Waals surface area contributed by atoms with Crippen molar-refractivity contribution in [3.8, 4) is 5.75 Å². The smallest absolute Gasteiger partial charge is 0.365 e. The van der Waals surface area contributed by atoms with Crippen molar-refractivity contribution < 1.29 is 56.2 Å². The predicted molar refractivity (Wildman–Crippen MR) is 194 cm³/mol. The zero-order valence-corrected chi connectivity index (χ0v) is 32.1. The van der Waals surface area contributed by atoms with Gasteiger partial charge in [-0.2, -0.15) is 0 Å². The first-order valence-corrected chi connectivity index (χ1v) is 20.5. The topological polar surface area (TPSA) is 119 Å². The van der Waals surface area contributed by atoms with Gasteiger partial charge in [0.25, 0.3) is 0 Å². The largest absolute Gasteiger partial charge is 0.490 e. The van der Waals surface area contributed by atoms with Crippen molar-refractivity contribution in [2.45, 2.75) is 84.7 Å². The maximum Gasteiger partial charge on any atom is 0.365 e. The molecule has 0 aromatic heterocycles. The van der Waals surface area contributed by atoms with Gasteiger partial charge in [0.05, 0.1) is 112 Å². The number of ether oxygens (including phenoxy) is 9. The van der Waals surface area contributed by atoms with Crippen LogP contribution < -0.4 is 10.0 Å². The fraction of sp³-hybridized carbons (Fsp3) is 0.838. The molecular weight excluding hydrogens is 667 g/mol.